The number of esters is 1. The van der Waals surface area contributed by atoms with Crippen molar-refractivity contribution in [3.63, 3.8) is 0 Å². The van der Waals surface area contributed by atoms with Crippen LogP contribution in [0.25, 0.3) is 0 Å². The third-order valence-corrected chi connectivity index (χ3v) is 2.21. The number of rotatable bonds is 3. The average Bonchev–Trinajstić information content (AvgIpc) is 2.25. The lowest BCUT2D eigenvalue weighted by Crippen LogP contribution is -2.21. The van der Waals surface area contributed by atoms with Gasteiger partial charge in [0.25, 0.3) is 9.48 Å². The second-order valence-electron chi connectivity index (χ2n) is 3.00. The Morgan fingerprint density at radius 1 is 1.29 bits per heavy atom. The van der Waals surface area contributed by atoms with Crippen LogP contribution in [0.2, 0.25) is 0 Å². The summed E-state index contributed by atoms with van der Waals surface area (Å²) in [7, 11) is 0. The van der Waals surface area contributed by atoms with Gasteiger partial charge in [-0.25, -0.2) is 4.79 Å². The second kappa shape index (κ2) is 5.53. The molecule has 0 spiro atoms. The standard InChI is InChI=1S/C9H6Cl3NO4/c10-9(11,12)8(14)17-5-6-1-3-7(4-2-6)13(15)16/h1-4H,5H2. The van der Waals surface area contributed by atoms with Crippen LogP contribution in [-0.4, -0.2) is 14.7 Å². The molecular formula is C9H6Cl3NO4. The normalized spacial score (nSPS) is 11.0. The number of alkyl halides is 3. The van der Waals surface area contributed by atoms with E-state index in [1.54, 1.807) is 0 Å². The molecule has 8 heteroatoms. The summed E-state index contributed by atoms with van der Waals surface area (Å²) in [6.07, 6.45) is 0. The summed E-state index contributed by atoms with van der Waals surface area (Å²) in [5.41, 5.74) is 0.500. The van der Waals surface area contributed by atoms with Crippen molar-refractivity contribution in [2.75, 3.05) is 0 Å². The first kappa shape index (κ1) is 14.0. The first-order valence-corrected chi connectivity index (χ1v) is 5.41. The zero-order valence-electron chi connectivity index (χ0n) is 8.23. The minimum atomic E-state index is -2.12. The van der Waals surface area contributed by atoms with Crippen molar-refractivity contribution in [3.8, 4) is 0 Å². The van der Waals surface area contributed by atoms with Crippen LogP contribution in [0.4, 0.5) is 5.69 Å². The molecule has 0 unspecified atom stereocenters. The van der Waals surface area contributed by atoms with E-state index in [0.717, 1.165) is 0 Å². The van der Waals surface area contributed by atoms with E-state index in [9.17, 15) is 14.9 Å². The van der Waals surface area contributed by atoms with Gasteiger partial charge in [-0.15, -0.1) is 0 Å². The SMILES string of the molecule is O=C(OCc1ccc([N+](=O)[O-])cc1)C(Cl)(Cl)Cl. The van der Waals surface area contributed by atoms with Gasteiger partial charge in [0, 0.05) is 12.1 Å². The summed E-state index contributed by atoms with van der Waals surface area (Å²) < 4.78 is 2.56. The molecule has 0 bridgehead atoms. The zero-order valence-corrected chi connectivity index (χ0v) is 10.5. The van der Waals surface area contributed by atoms with Crippen molar-refractivity contribution in [1.29, 1.82) is 0 Å². The lowest BCUT2D eigenvalue weighted by atomic mass is 10.2. The van der Waals surface area contributed by atoms with E-state index in [1.165, 1.54) is 24.3 Å². The smallest absolute Gasteiger partial charge is 0.358 e. The van der Waals surface area contributed by atoms with Crippen LogP contribution in [0.5, 0.6) is 0 Å². The fourth-order valence-electron chi connectivity index (χ4n) is 0.945. The molecule has 0 fully saturated rings. The lowest BCUT2D eigenvalue weighted by molar-refractivity contribution is -0.384. The Labute approximate surface area is 111 Å². The minimum absolute atomic E-state index is 0.0542. The summed E-state index contributed by atoms with van der Waals surface area (Å²) in [5.74, 6) is -0.999. The van der Waals surface area contributed by atoms with Crippen LogP contribution in [-0.2, 0) is 16.1 Å². The molecule has 0 heterocycles. The van der Waals surface area contributed by atoms with Crippen LogP contribution in [0, 0.1) is 10.1 Å². The number of ether oxygens (including phenoxy) is 1. The van der Waals surface area contributed by atoms with Crippen LogP contribution in [0.1, 0.15) is 5.56 Å². The number of carbonyl (C=O) groups is 1. The molecule has 0 radical (unpaired) electrons. The molecule has 17 heavy (non-hydrogen) atoms. The van der Waals surface area contributed by atoms with Gasteiger partial charge in [-0.3, -0.25) is 10.1 Å². The van der Waals surface area contributed by atoms with Crippen molar-refractivity contribution in [2.45, 2.75) is 10.4 Å². The van der Waals surface area contributed by atoms with Gasteiger partial charge in [0.05, 0.1) is 4.92 Å². The largest absolute Gasteiger partial charge is 0.458 e. The van der Waals surface area contributed by atoms with E-state index in [-0.39, 0.29) is 12.3 Å². The van der Waals surface area contributed by atoms with Crippen LogP contribution in [0.3, 0.4) is 0 Å². The third kappa shape index (κ3) is 4.38. The number of nitro benzene ring substituents is 1. The number of hydrogen-bond donors (Lipinski definition) is 0. The molecule has 0 amide bonds. The molecular weight excluding hydrogens is 292 g/mol. The van der Waals surface area contributed by atoms with Gasteiger partial charge in [-0.05, 0) is 17.7 Å². The van der Waals surface area contributed by atoms with E-state index in [1.807, 2.05) is 0 Å². The van der Waals surface area contributed by atoms with Crippen LogP contribution >= 0.6 is 34.8 Å². The van der Waals surface area contributed by atoms with Crippen molar-refractivity contribution in [3.05, 3.63) is 39.9 Å². The molecule has 0 saturated carbocycles. The third-order valence-electron chi connectivity index (χ3n) is 1.75. The molecule has 0 saturated heterocycles. The Hall–Kier alpha value is -1.04. The summed E-state index contributed by atoms with van der Waals surface area (Å²) in [6.45, 7) is -0.120. The topological polar surface area (TPSA) is 69.4 Å². The molecule has 0 aliphatic heterocycles. The highest BCUT2D eigenvalue weighted by Crippen LogP contribution is 2.27. The fraction of sp³-hybridized carbons (Fsp3) is 0.222. The fourth-order valence-corrected chi connectivity index (χ4v) is 1.11. The number of halogens is 3. The van der Waals surface area contributed by atoms with E-state index in [0.29, 0.717) is 5.56 Å². The van der Waals surface area contributed by atoms with Crippen LogP contribution < -0.4 is 0 Å². The maximum Gasteiger partial charge on any atom is 0.358 e. The molecule has 1 rings (SSSR count). The Balaban J connectivity index is 2.59. The Kier molecular flexibility index (Phi) is 4.56. The first-order valence-electron chi connectivity index (χ1n) is 4.28. The summed E-state index contributed by atoms with van der Waals surface area (Å²) in [6, 6.07) is 5.48. The number of benzene rings is 1. The predicted molar refractivity (Wildman–Crippen MR) is 63.2 cm³/mol. The number of nitro groups is 1. The number of hydrogen-bond acceptors (Lipinski definition) is 4. The lowest BCUT2D eigenvalue weighted by Gasteiger charge is -2.10. The first-order chi connectivity index (χ1) is 7.80. The molecule has 1 aromatic rings. The molecule has 0 N–H and O–H groups in total. The average molecular weight is 299 g/mol. The van der Waals surface area contributed by atoms with Crippen molar-refractivity contribution in [2.24, 2.45) is 0 Å². The predicted octanol–water partition coefficient (Wildman–Crippen LogP) is 3.01. The molecule has 0 aromatic heterocycles. The van der Waals surface area contributed by atoms with Gasteiger partial charge in [0.15, 0.2) is 0 Å². The summed E-state index contributed by atoms with van der Waals surface area (Å²) >= 11 is 15.9. The highest BCUT2D eigenvalue weighted by atomic mass is 35.6. The number of carbonyl (C=O) groups excluding carboxylic acids is 1. The van der Waals surface area contributed by atoms with Gasteiger partial charge in [-0.1, -0.05) is 34.8 Å². The molecule has 0 aliphatic carbocycles. The van der Waals surface area contributed by atoms with Crippen molar-refractivity contribution < 1.29 is 14.5 Å². The number of nitrogens with zero attached hydrogens (tertiary/aromatic N) is 1. The molecule has 1 aromatic carbocycles. The summed E-state index contributed by atoms with van der Waals surface area (Å²) in [5, 5.41) is 10.4. The van der Waals surface area contributed by atoms with Gasteiger partial charge >= 0.3 is 5.97 Å². The summed E-state index contributed by atoms with van der Waals surface area (Å²) in [4.78, 5) is 20.9. The maximum atomic E-state index is 11.1. The Bertz CT molecular complexity index is 427. The number of non-ortho nitro benzene ring substituents is 1. The van der Waals surface area contributed by atoms with E-state index in [4.69, 9.17) is 34.8 Å². The van der Waals surface area contributed by atoms with E-state index in [2.05, 4.69) is 4.74 Å². The molecule has 92 valence electrons. The molecule has 5 nitrogen and oxygen atoms in total. The highest BCUT2D eigenvalue weighted by molar-refractivity contribution is 6.75. The minimum Gasteiger partial charge on any atom is -0.458 e. The van der Waals surface area contributed by atoms with Crippen molar-refractivity contribution >= 4 is 46.5 Å². The van der Waals surface area contributed by atoms with Gasteiger partial charge in [-0.2, -0.15) is 0 Å². The molecule has 0 aliphatic rings. The maximum absolute atomic E-state index is 11.1. The molecule has 0 atom stereocenters. The Morgan fingerprint density at radius 2 is 1.82 bits per heavy atom. The second-order valence-corrected chi connectivity index (χ2v) is 5.28. The van der Waals surface area contributed by atoms with Crippen molar-refractivity contribution in [1.82, 2.24) is 0 Å². The van der Waals surface area contributed by atoms with Gasteiger partial charge < -0.3 is 4.74 Å². The monoisotopic (exact) mass is 297 g/mol. The quantitative estimate of drug-likeness (QED) is 0.372. The zero-order chi connectivity index (χ0) is 13.1. The van der Waals surface area contributed by atoms with Crippen LogP contribution in [0.15, 0.2) is 24.3 Å². The Morgan fingerprint density at radius 3 is 2.24 bits per heavy atom. The van der Waals surface area contributed by atoms with Gasteiger partial charge in [0.2, 0.25) is 0 Å². The van der Waals surface area contributed by atoms with E-state index >= 15 is 0 Å². The highest BCUT2D eigenvalue weighted by Gasteiger charge is 2.32. The van der Waals surface area contributed by atoms with E-state index < -0.39 is 14.7 Å². The van der Waals surface area contributed by atoms with Gasteiger partial charge in [0.1, 0.15) is 6.61 Å².